The Labute approximate surface area is 179 Å². The van der Waals surface area contributed by atoms with Crippen molar-refractivity contribution in [3.8, 4) is 0 Å². The van der Waals surface area contributed by atoms with Crippen LogP contribution in [-0.2, 0) is 17.9 Å². The van der Waals surface area contributed by atoms with Gasteiger partial charge < -0.3 is 4.90 Å². The van der Waals surface area contributed by atoms with E-state index in [0.29, 0.717) is 35.8 Å². The van der Waals surface area contributed by atoms with Gasteiger partial charge in [-0.1, -0.05) is 13.0 Å². The zero-order valence-corrected chi connectivity index (χ0v) is 18.1. The molecule has 1 aliphatic heterocycles. The molecule has 1 fully saturated rings. The lowest BCUT2D eigenvalue weighted by Crippen LogP contribution is -2.41. The van der Waals surface area contributed by atoms with E-state index < -0.39 is 5.69 Å². The Morgan fingerprint density at radius 2 is 1.97 bits per heavy atom. The van der Waals surface area contributed by atoms with Gasteiger partial charge in [-0.15, -0.1) is 27.8 Å². The summed E-state index contributed by atoms with van der Waals surface area (Å²) in [4.78, 5) is 41.8. The third-order valence-electron chi connectivity index (χ3n) is 5.70. The fourth-order valence-electron chi connectivity index (χ4n) is 3.92. The maximum Gasteiger partial charge on any atom is 0.352 e. The van der Waals surface area contributed by atoms with Gasteiger partial charge in [0.05, 0.1) is 12.1 Å². The van der Waals surface area contributed by atoms with E-state index in [9.17, 15) is 14.4 Å². The van der Waals surface area contributed by atoms with Crippen molar-refractivity contribution in [3.05, 3.63) is 54.7 Å². The molecule has 0 atom stereocenters. The molecular formula is C20H21N5O3S2. The van der Waals surface area contributed by atoms with E-state index in [0.717, 1.165) is 17.7 Å². The van der Waals surface area contributed by atoms with Gasteiger partial charge in [-0.05, 0) is 41.7 Å². The maximum atomic E-state index is 13.2. The molecular weight excluding hydrogens is 422 g/mol. The number of piperidine rings is 1. The molecule has 0 spiro atoms. The van der Waals surface area contributed by atoms with E-state index in [1.165, 1.54) is 25.0 Å². The smallest absolute Gasteiger partial charge is 0.341 e. The van der Waals surface area contributed by atoms with Gasteiger partial charge in [0.25, 0.3) is 5.56 Å². The van der Waals surface area contributed by atoms with E-state index in [2.05, 4.69) is 12.0 Å². The van der Waals surface area contributed by atoms with Crippen molar-refractivity contribution in [3.63, 3.8) is 0 Å². The number of carbonyl (C=O) groups is 1. The van der Waals surface area contributed by atoms with E-state index in [1.54, 1.807) is 27.7 Å². The number of carbonyl (C=O) groups excluding carboxylic acids is 1. The molecule has 8 nitrogen and oxygen atoms in total. The molecule has 0 radical (unpaired) electrons. The summed E-state index contributed by atoms with van der Waals surface area (Å²) < 4.78 is 4.68. The zero-order valence-electron chi connectivity index (χ0n) is 16.5. The predicted octanol–water partition coefficient (Wildman–Crippen LogP) is 2.24. The summed E-state index contributed by atoms with van der Waals surface area (Å²) in [5.41, 5.74) is -0.0284. The summed E-state index contributed by atoms with van der Waals surface area (Å²) in [6.07, 6.45) is 1.95. The first-order chi connectivity index (χ1) is 14.5. The summed E-state index contributed by atoms with van der Waals surface area (Å²) in [5, 5.41) is 8.17. The van der Waals surface area contributed by atoms with Gasteiger partial charge in [0, 0.05) is 18.0 Å². The molecule has 1 amide bonds. The van der Waals surface area contributed by atoms with Crippen LogP contribution in [0.5, 0.6) is 0 Å². The number of thiophene rings is 2. The van der Waals surface area contributed by atoms with Crippen LogP contribution in [0.25, 0.3) is 16.0 Å². The van der Waals surface area contributed by atoms with Gasteiger partial charge in [-0.2, -0.15) is 0 Å². The lowest BCUT2D eigenvalue weighted by Gasteiger charge is -2.30. The SMILES string of the molecule is CC1CCN(C(=O)Cn2nc3n(Cc4cccs4)c(=O)c4sccc4n3c2=O)CC1. The van der Waals surface area contributed by atoms with Crippen LogP contribution >= 0.6 is 22.7 Å². The minimum atomic E-state index is -0.396. The van der Waals surface area contributed by atoms with Gasteiger partial charge in [0.1, 0.15) is 11.2 Å². The predicted molar refractivity (Wildman–Crippen MR) is 117 cm³/mol. The van der Waals surface area contributed by atoms with Crippen molar-refractivity contribution in [1.82, 2.24) is 23.6 Å². The lowest BCUT2D eigenvalue weighted by molar-refractivity contribution is -0.133. The Balaban J connectivity index is 1.59. The minimum absolute atomic E-state index is 0.110. The van der Waals surface area contributed by atoms with Gasteiger partial charge >= 0.3 is 5.69 Å². The summed E-state index contributed by atoms with van der Waals surface area (Å²) in [7, 11) is 0. The van der Waals surface area contributed by atoms with Crippen molar-refractivity contribution in [1.29, 1.82) is 0 Å². The van der Waals surface area contributed by atoms with E-state index in [1.807, 2.05) is 17.5 Å². The van der Waals surface area contributed by atoms with Crippen LogP contribution in [0.2, 0.25) is 0 Å². The lowest BCUT2D eigenvalue weighted by atomic mass is 9.99. The number of amides is 1. The van der Waals surface area contributed by atoms with Crippen molar-refractivity contribution in [2.24, 2.45) is 5.92 Å². The Bertz CT molecular complexity index is 1340. The molecule has 10 heteroatoms. The highest BCUT2D eigenvalue weighted by Crippen LogP contribution is 2.19. The van der Waals surface area contributed by atoms with Crippen LogP contribution < -0.4 is 11.2 Å². The number of fused-ring (bicyclic) bond motifs is 3. The van der Waals surface area contributed by atoms with Crippen LogP contribution in [0.4, 0.5) is 0 Å². The molecule has 0 N–H and O–H groups in total. The summed E-state index contributed by atoms with van der Waals surface area (Å²) in [5.74, 6) is 0.774. The molecule has 4 aromatic rings. The van der Waals surface area contributed by atoms with E-state index in [4.69, 9.17) is 0 Å². The Morgan fingerprint density at radius 1 is 1.17 bits per heavy atom. The largest absolute Gasteiger partial charge is 0.352 e. The summed E-state index contributed by atoms with van der Waals surface area (Å²) in [6, 6.07) is 5.63. The standard InChI is InChI=1S/C20H21N5O3S2/c1-13-4-7-22(8-5-13)16(26)12-24-20(28)25-15-6-10-30-17(15)18(27)23(19(25)21-24)11-14-3-2-9-29-14/h2-3,6,9-10,13H,4-5,7-8,11-12H2,1H3. The van der Waals surface area contributed by atoms with Crippen LogP contribution in [0.1, 0.15) is 24.6 Å². The number of hydrogen-bond acceptors (Lipinski definition) is 6. The van der Waals surface area contributed by atoms with Crippen molar-refractivity contribution in [2.45, 2.75) is 32.9 Å². The molecule has 0 saturated carbocycles. The first-order valence-electron chi connectivity index (χ1n) is 9.92. The Kier molecular flexibility index (Phi) is 4.82. The van der Waals surface area contributed by atoms with Crippen LogP contribution in [-0.4, -0.2) is 42.6 Å². The second-order valence-corrected chi connectivity index (χ2v) is 9.69. The topological polar surface area (TPSA) is 81.6 Å². The van der Waals surface area contributed by atoms with E-state index in [-0.39, 0.29) is 23.8 Å². The molecule has 0 aromatic carbocycles. The molecule has 30 heavy (non-hydrogen) atoms. The average molecular weight is 444 g/mol. The number of likely N-dealkylation sites (tertiary alicyclic amines) is 1. The van der Waals surface area contributed by atoms with Gasteiger partial charge in [-0.25, -0.2) is 13.9 Å². The Morgan fingerprint density at radius 3 is 2.70 bits per heavy atom. The molecule has 0 unspecified atom stereocenters. The minimum Gasteiger partial charge on any atom is -0.341 e. The summed E-state index contributed by atoms with van der Waals surface area (Å²) >= 11 is 2.85. The summed E-state index contributed by atoms with van der Waals surface area (Å²) in [6.45, 7) is 3.82. The molecule has 0 aliphatic carbocycles. The second kappa shape index (κ2) is 7.51. The quantitative estimate of drug-likeness (QED) is 0.484. The normalized spacial score (nSPS) is 15.4. The van der Waals surface area contributed by atoms with Crippen molar-refractivity contribution < 1.29 is 4.79 Å². The van der Waals surface area contributed by atoms with Crippen LogP contribution in [0, 0.1) is 5.92 Å². The molecule has 4 aromatic heterocycles. The number of rotatable bonds is 4. The average Bonchev–Trinajstić information content (AvgIpc) is 3.47. The monoisotopic (exact) mass is 443 g/mol. The fourth-order valence-corrected chi connectivity index (χ4v) is 5.44. The highest BCUT2D eigenvalue weighted by atomic mass is 32.1. The van der Waals surface area contributed by atoms with Crippen LogP contribution in [0.15, 0.2) is 38.5 Å². The zero-order chi connectivity index (χ0) is 20.8. The van der Waals surface area contributed by atoms with Crippen LogP contribution in [0.3, 0.4) is 0 Å². The molecule has 5 heterocycles. The van der Waals surface area contributed by atoms with Gasteiger partial charge in [-0.3, -0.25) is 14.2 Å². The molecule has 1 aliphatic rings. The molecule has 156 valence electrons. The third kappa shape index (κ3) is 3.20. The number of nitrogens with zero attached hydrogens (tertiary/aromatic N) is 5. The second-order valence-electron chi connectivity index (χ2n) is 7.74. The Hall–Kier alpha value is -2.72. The van der Waals surface area contributed by atoms with Gasteiger partial charge in [0.15, 0.2) is 0 Å². The fraction of sp³-hybridized carbons (Fsp3) is 0.400. The third-order valence-corrected chi connectivity index (χ3v) is 7.46. The number of aromatic nitrogens is 4. The maximum absolute atomic E-state index is 13.2. The molecule has 1 saturated heterocycles. The highest BCUT2D eigenvalue weighted by Gasteiger charge is 2.24. The molecule has 5 rings (SSSR count). The first kappa shape index (κ1) is 19.3. The highest BCUT2D eigenvalue weighted by molar-refractivity contribution is 7.17. The van der Waals surface area contributed by atoms with Gasteiger partial charge in [0.2, 0.25) is 11.7 Å². The van der Waals surface area contributed by atoms with Crippen molar-refractivity contribution >= 4 is 44.6 Å². The first-order valence-corrected chi connectivity index (χ1v) is 11.7. The van der Waals surface area contributed by atoms with Crippen molar-refractivity contribution in [2.75, 3.05) is 13.1 Å². The van der Waals surface area contributed by atoms with E-state index >= 15 is 0 Å². The number of hydrogen-bond donors (Lipinski definition) is 0. The molecule has 0 bridgehead atoms.